The predicted molar refractivity (Wildman–Crippen MR) is 80.0 cm³/mol. The molecule has 0 saturated carbocycles. The second-order valence-electron chi connectivity index (χ2n) is 5.69. The molecule has 2 aromatic rings. The Morgan fingerprint density at radius 1 is 1.25 bits per heavy atom. The summed E-state index contributed by atoms with van der Waals surface area (Å²) in [6.45, 7) is 5.98. The van der Waals surface area contributed by atoms with Crippen LogP contribution in [0.15, 0.2) is 29.1 Å². The fourth-order valence-electron chi connectivity index (χ4n) is 1.88. The maximum absolute atomic E-state index is 11.8. The van der Waals surface area contributed by atoms with Crippen LogP contribution < -0.4 is 16.0 Å². The summed E-state index contributed by atoms with van der Waals surface area (Å²) >= 11 is 0. The molecule has 0 bridgehead atoms. The topological polar surface area (TPSA) is 81.0 Å². The van der Waals surface area contributed by atoms with Crippen molar-refractivity contribution in [1.82, 2.24) is 9.97 Å². The Labute approximate surface area is 117 Å². The monoisotopic (exact) mass is 273 g/mol. The Hall–Kier alpha value is -2.30. The van der Waals surface area contributed by atoms with Gasteiger partial charge in [0.25, 0.3) is 5.56 Å². The van der Waals surface area contributed by atoms with Crippen LogP contribution >= 0.6 is 0 Å². The highest BCUT2D eigenvalue weighted by atomic mass is 16.5. The van der Waals surface area contributed by atoms with E-state index in [-0.39, 0.29) is 11.0 Å². The number of benzene rings is 1. The van der Waals surface area contributed by atoms with Gasteiger partial charge < -0.3 is 15.5 Å². The van der Waals surface area contributed by atoms with Gasteiger partial charge in [-0.1, -0.05) is 20.8 Å². The van der Waals surface area contributed by atoms with E-state index in [1.165, 1.54) is 6.07 Å². The van der Waals surface area contributed by atoms with Crippen LogP contribution in [-0.4, -0.2) is 17.1 Å². The summed E-state index contributed by atoms with van der Waals surface area (Å²) in [6, 6.07) is 6.73. The van der Waals surface area contributed by atoms with Crippen LogP contribution in [0.1, 0.15) is 26.6 Å². The second-order valence-corrected chi connectivity index (χ2v) is 5.69. The minimum Gasteiger partial charge on any atom is -0.496 e. The number of aromatic nitrogens is 2. The first-order chi connectivity index (χ1) is 9.31. The number of hydrogen-bond donors (Lipinski definition) is 2. The third kappa shape index (κ3) is 2.82. The van der Waals surface area contributed by atoms with Crippen molar-refractivity contribution in [3.8, 4) is 17.0 Å². The van der Waals surface area contributed by atoms with Crippen molar-refractivity contribution in [2.75, 3.05) is 12.8 Å². The van der Waals surface area contributed by atoms with Crippen LogP contribution in [0.25, 0.3) is 11.3 Å². The van der Waals surface area contributed by atoms with E-state index in [4.69, 9.17) is 10.5 Å². The Kier molecular flexibility index (Phi) is 3.53. The number of aromatic amines is 1. The standard InChI is InChI=1S/C15H19N3O2/c1-15(2,3)14-17-11(8-13(19)18-14)10-7-9(16)5-6-12(10)20-4/h5-8H,16H2,1-4H3,(H,17,18,19). The molecule has 0 aliphatic heterocycles. The second kappa shape index (κ2) is 5.00. The number of ether oxygens (including phenoxy) is 1. The average molecular weight is 273 g/mol. The molecule has 0 unspecified atom stereocenters. The Morgan fingerprint density at radius 3 is 2.55 bits per heavy atom. The van der Waals surface area contributed by atoms with Crippen molar-refractivity contribution in [3.63, 3.8) is 0 Å². The van der Waals surface area contributed by atoms with Crippen LogP contribution in [0.4, 0.5) is 5.69 Å². The van der Waals surface area contributed by atoms with E-state index >= 15 is 0 Å². The van der Waals surface area contributed by atoms with Crippen LogP contribution in [0.5, 0.6) is 5.75 Å². The molecule has 3 N–H and O–H groups in total. The molecule has 5 heteroatoms. The molecule has 2 rings (SSSR count). The van der Waals surface area contributed by atoms with Gasteiger partial charge in [0.1, 0.15) is 11.6 Å². The molecule has 106 valence electrons. The normalized spacial score (nSPS) is 11.4. The number of nitrogens with zero attached hydrogens (tertiary/aromatic N) is 1. The number of nitrogen functional groups attached to an aromatic ring is 1. The first kappa shape index (κ1) is 14.1. The van der Waals surface area contributed by atoms with Crippen molar-refractivity contribution in [2.45, 2.75) is 26.2 Å². The van der Waals surface area contributed by atoms with Gasteiger partial charge in [-0.15, -0.1) is 0 Å². The van der Waals surface area contributed by atoms with E-state index in [9.17, 15) is 4.79 Å². The molecule has 0 amide bonds. The summed E-state index contributed by atoms with van der Waals surface area (Å²) in [6.07, 6.45) is 0. The van der Waals surface area contributed by atoms with E-state index in [1.54, 1.807) is 25.3 Å². The number of rotatable bonds is 2. The van der Waals surface area contributed by atoms with Crippen LogP contribution in [0, 0.1) is 0 Å². The molecule has 1 heterocycles. The van der Waals surface area contributed by atoms with E-state index in [0.717, 1.165) is 0 Å². The molecule has 0 radical (unpaired) electrons. The summed E-state index contributed by atoms with van der Waals surface area (Å²) in [5.74, 6) is 1.27. The molecule has 0 saturated heterocycles. The summed E-state index contributed by atoms with van der Waals surface area (Å²) in [5, 5.41) is 0. The maximum Gasteiger partial charge on any atom is 0.251 e. The lowest BCUT2D eigenvalue weighted by Crippen LogP contribution is -2.22. The lowest BCUT2D eigenvalue weighted by Gasteiger charge is -2.18. The van der Waals surface area contributed by atoms with Gasteiger partial charge in [-0.2, -0.15) is 0 Å². The lowest BCUT2D eigenvalue weighted by atomic mass is 9.95. The van der Waals surface area contributed by atoms with Crippen LogP contribution in [-0.2, 0) is 5.41 Å². The molecule has 1 aromatic carbocycles. The minimum atomic E-state index is -0.247. The van der Waals surface area contributed by atoms with Gasteiger partial charge in [0.05, 0.1) is 12.8 Å². The zero-order valence-electron chi connectivity index (χ0n) is 12.2. The maximum atomic E-state index is 11.8. The van der Waals surface area contributed by atoms with Crippen molar-refractivity contribution in [3.05, 3.63) is 40.4 Å². The van der Waals surface area contributed by atoms with Gasteiger partial charge >= 0.3 is 0 Å². The molecule has 0 fully saturated rings. The zero-order chi connectivity index (χ0) is 14.9. The predicted octanol–water partition coefficient (Wildman–Crippen LogP) is 2.33. The molecule has 0 aliphatic rings. The number of methoxy groups -OCH3 is 1. The van der Waals surface area contributed by atoms with Gasteiger partial charge in [-0.25, -0.2) is 4.98 Å². The van der Waals surface area contributed by atoms with E-state index < -0.39 is 0 Å². The van der Waals surface area contributed by atoms with Crippen molar-refractivity contribution in [2.24, 2.45) is 0 Å². The first-order valence-electron chi connectivity index (χ1n) is 6.37. The van der Waals surface area contributed by atoms with Crippen LogP contribution in [0.3, 0.4) is 0 Å². The summed E-state index contributed by atoms with van der Waals surface area (Å²) < 4.78 is 5.31. The fourth-order valence-corrected chi connectivity index (χ4v) is 1.88. The number of nitrogens with two attached hydrogens (primary N) is 1. The zero-order valence-corrected chi connectivity index (χ0v) is 12.2. The van der Waals surface area contributed by atoms with E-state index in [2.05, 4.69) is 9.97 Å². The van der Waals surface area contributed by atoms with Crippen molar-refractivity contribution in [1.29, 1.82) is 0 Å². The third-order valence-corrected chi connectivity index (χ3v) is 2.95. The highest BCUT2D eigenvalue weighted by Gasteiger charge is 2.19. The van der Waals surface area contributed by atoms with E-state index in [0.29, 0.717) is 28.5 Å². The Balaban J connectivity index is 2.67. The molecule has 0 atom stereocenters. The quantitative estimate of drug-likeness (QED) is 0.823. The number of nitrogens with one attached hydrogen (secondary N) is 1. The van der Waals surface area contributed by atoms with Gasteiger partial charge in [-0.05, 0) is 18.2 Å². The SMILES string of the molecule is COc1ccc(N)cc1-c1cc(=O)[nH]c(C(C)(C)C)n1. The summed E-state index contributed by atoms with van der Waals surface area (Å²) in [4.78, 5) is 19.2. The first-order valence-corrected chi connectivity index (χ1v) is 6.37. The third-order valence-electron chi connectivity index (χ3n) is 2.95. The Bertz CT molecular complexity index is 684. The highest BCUT2D eigenvalue weighted by Crippen LogP contribution is 2.30. The number of anilines is 1. The molecular weight excluding hydrogens is 254 g/mol. The van der Waals surface area contributed by atoms with Crippen LogP contribution in [0.2, 0.25) is 0 Å². The van der Waals surface area contributed by atoms with Gasteiger partial charge in [0.2, 0.25) is 0 Å². The lowest BCUT2D eigenvalue weighted by molar-refractivity contribution is 0.416. The van der Waals surface area contributed by atoms with Gasteiger partial charge in [0, 0.05) is 22.7 Å². The van der Waals surface area contributed by atoms with Gasteiger partial charge in [-0.3, -0.25) is 4.79 Å². The minimum absolute atomic E-state index is 0.190. The number of H-pyrrole nitrogens is 1. The molecule has 20 heavy (non-hydrogen) atoms. The average Bonchev–Trinajstić information content (AvgIpc) is 2.37. The number of hydrogen-bond acceptors (Lipinski definition) is 4. The molecule has 0 spiro atoms. The Morgan fingerprint density at radius 2 is 1.95 bits per heavy atom. The van der Waals surface area contributed by atoms with E-state index in [1.807, 2.05) is 20.8 Å². The molecular formula is C15H19N3O2. The molecule has 0 aliphatic carbocycles. The van der Waals surface area contributed by atoms with Crippen molar-refractivity contribution < 1.29 is 4.74 Å². The molecule has 5 nitrogen and oxygen atoms in total. The smallest absolute Gasteiger partial charge is 0.251 e. The largest absolute Gasteiger partial charge is 0.496 e. The highest BCUT2D eigenvalue weighted by molar-refractivity contribution is 5.71. The fraction of sp³-hybridized carbons (Fsp3) is 0.333. The van der Waals surface area contributed by atoms with Gasteiger partial charge in [0.15, 0.2) is 0 Å². The summed E-state index contributed by atoms with van der Waals surface area (Å²) in [7, 11) is 1.58. The summed E-state index contributed by atoms with van der Waals surface area (Å²) in [5.41, 5.74) is 7.24. The molecule has 1 aromatic heterocycles. The van der Waals surface area contributed by atoms with Crippen molar-refractivity contribution >= 4 is 5.69 Å².